The summed E-state index contributed by atoms with van der Waals surface area (Å²) in [5.74, 6) is -1.74. The van der Waals surface area contributed by atoms with E-state index in [0.717, 1.165) is 11.1 Å². The smallest absolute Gasteiger partial charge is 0.252 e. The summed E-state index contributed by atoms with van der Waals surface area (Å²) in [6.45, 7) is -0.0777. The molecule has 3 aromatic heterocycles. The fourth-order valence-corrected chi connectivity index (χ4v) is 4.97. The second kappa shape index (κ2) is 10.9. The lowest BCUT2D eigenvalue weighted by Crippen LogP contribution is -2.36. The van der Waals surface area contributed by atoms with E-state index in [1.807, 2.05) is 12.1 Å². The number of aromatic nitrogens is 3. The van der Waals surface area contributed by atoms with E-state index in [2.05, 4.69) is 26.8 Å². The predicted octanol–water partition coefficient (Wildman–Crippen LogP) is 1.27. The van der Waals surface area contributed by atoms with Crippen LogP contribution in [0, 0.1) is 22.7 Å². The number of hydrogen-bond acceptors (Lipinski definition) is 8. The molecule has 1 saturated carbocycles. The number of anilines is 1. The van der Waals surface area contributed by atoms with Crippen LogP contribution in [0.5, 0.6) is 0 Å². The van der Waals surface area contributed by atoms with Crippen LogP contribution in [-0.4, -0.2) is 76.7 Å². The van der Waals surface area contributed by atoms with Crippen molar-refractivity contribution >= 4 is 28.9 Å². The second-order valence-corrected chi connectivity index (χ2v) is 10.2. The van der Waals surface area contributed by atoms with Crippen molar-refractivity contribution in [1.82, 2.24) is 24.8 Å². The molecule has 1 saturated heterocycles. The summed E-state index contributed by atoms with van der Waals surface area (Å²) < 4.78 is 20.4. The van der Waals surface area contributed by atoms with Gasteiger partial charge in [-0.15, -0.1) is 0 Å². The van der Waals surface area contributed by atoms with Gasteiger partial charge < -0.3 is 26.0 Å². The molecule has 1 aliphatic carbocycles. The highest BCUT2D eigenvalue weighted by Crippen LogP contribution is 2.47. The minimum atomic E-state index is -0.992. The van der Waals surface area contributed by atoms with Crippen LogP contribution >= 0.6 is 0 Å². The Bertz CT molecular complexity index is 1490. The Morgan fingerprint density at radius 2 is 2.05 bits per heavy atom. The summed E-state index contributed by atoms with van der Waals surface area (Å²) in [6.07, 6.45) is 5.81. The van der Waals surface area contributed by atoms with Crippen molar-refractivity contribution in [3.05, 3.63) is 48.0 Å². The fraction of sp³-hybridized carbons (Fsp3) is 0.407. The predicted molar refractivity (Wildman–Crippen MR) is 141 cm³/mol. The van der Waals surface area contributed by atoms with Gasteiger partial charge in [0.05, 0.1) is 54.0 Å². The minimum Gasteiger partial charge on any atom is -0.378 e. The monoisotopic (exact) mass is 548 g/mol. The van der Waals surface area contributed by atoms with Gasteiger partial charge in [0, 0.05) is 49.6 Å². The fourth-order valence-electron chi connectivity index (χ4n) is 4.97. The van der Waals surface area contributed by atoms with Crippen molar-refractivity contribution in [2.45, 2.75) is 25.4 Å². The lowest BCUT2D eigenvalue weighted by molar-refractivity contribution is -0.134. The van der Waals surface area contributed by atoms with Crippen LogP contribution in [0.15, 0.2) is 36.8 Å². The van der Waals surface area contributed by atoms with Crippen molar-refractivity contribution in [3.63, 3.8) is 0 Å². The van der Waals surface area contributed by atoms with Gasteiger partial charge in [0.1, 0.15) is 12.0 Å². The van der Waals surface area contributed by atoms with Gasteiger partial charge in [0.15, 0.2) is 0 Å². The first-order valence-electron chi connectivity index (χ1n) is 12.8. The molecular weight excluding hydrogens is 519 g/mol. The molecule has 3 aromatic rings. The van der Waals surface area contributed by atoms with E-state index < -0.39 is 30.0 Å². The molecule has 2 atom stereocenters. The number of hydrogen-bond donors (Lipinski definition) is 3. The second-order valence-electron chi connectivity index (χ2n) is 10.2. The Balaban J connectivity index is 1.40. The molecule has 0 spiro atoms. The van der Waals surface area contributed by atoms with E-state index in [-0.39, 0.29) is 43.6 Å². The number of methoxy groups -OCH3 is 1. The summed E-state index contributed by atoms with van der Waals surface area (Å²) in [4.78, 5) is 42.8. The maximum atomic E-state index is 14.1. The number of alkyl halides is 1. The lowest BCUT2D eigenvalue weighted by Gasteiger charge is -2.21. The van der Waals surface area contributed by atoms with Crippen molar-refractivity contribution in [3.8, 4) is 17.2 Å². The summed E-state index contributed by atoms with van der Waals surface area (Å²) in [6, 6.07) is 7.06. The molecule has 3 amide bonds. The molecule has 2 fully saturated rings. The summed E-state index contributed by atoms with van der Waals surface area (Å²) >= 11 is 0. The first-order chi connectivity index (χ1) is 19.3. The molecule has 13 heteroatoms. The molecule has 1 aliphatic heterocycles. The topological polar surface area (TPSA) is 168 Å². The van der Waals surface area contributed by atoms with E-state index in [1.165, 1.54) is 18.2 Å². The molecule has 2 aliphatic rings. The largest absolute Gasteiger partial charge is 0.378 e. The average Bonchev–Trinajstić information content (AvgIpc) is 3.46. The van der Waals surface area contributed by atoms with Crippen molar-refractivity contribution in [2.24, 2.45) is 17.1 Å². The van der Waals surface area contributed by atoms with Gasteiger partial charge in [-0.05, 0) is 25.0 Å². The number of nitrogens with two attached hydrogens (primary N) is 1. The lowest BCUT2D eigenvalue weighted by atomic mass is 10.0. The van der Waals surface area contributed by atoms with E-state index in [1.54, 1.807) is 23.0 Å². The third-order valence-corrected chi connectivity index (χ3v) is 7.43. The molecule has 208 valence electrons. The number of primary amides is 1. The molecule has 0 bridgehead atoms. The molecular formula is C27H29FN8O4. The van der Waals surface area contributed by atoms with Crippen LogP contribution in [0.4, 0.5) is 10.1 Å². The van der Waals surface area contributed by atoms with Gasteiger partial charge in [0.2, 0.25) is 11.8 Å². The first kappa shape index (κ1) is 27.0. The van der Waals surface area contributed by atoms with Crippen LogP contribution in [0.3, 0.4) is 0 Å². The van der Waals surface area contributed by atoms with Gasteiger partial charge in [-0.1, -0.05) is 6.07 Å². The maximum Gasteiger partial charge on any atom is 0.252 e. The minimum absolute atomic E-state index is 0.0337. The zero-order chi connectivity index (χ0) is 28.4. The van der Waals surface area contributed by atoms with Gasteiger partial charge in [-0.3, -0.25) is 23.8 Å². The maximum absolute atomic E-state index is 14.1. The van der Waals surface area contributed by atoms with Crippen LogP contribution in [0.2, 0.25) is 0 Å². The number of nitrogens with zero attached hydrogens (tertiary/aromatic N) is 5. The molecule has 0 unspecified atom stereocenters. The molecule has 0 radical (unpaired) electrons. The van der Waals surface area contributed by atoms with Crippen LogP contribution in [0.25, 0.3) is 16.6 Å². The number of ether oxygens (including phenoxy) is 1. The number of carbonyl (C=O) groups is 3. The molecule has 5 rings (SSSR count). The number of carbonyl (C=O) groups excluding carboxylic acids is 3. The number of fused-ring (bicyclic) bond motifs is 1. The quantitative estimate of drug-likeness (QED) is 0.340. The zero-order valence-electron chi connectivity index (χ0n) is 21.9. The summed E-state index contributed by atoms with van der Waals surface area (Å²) in [5, 5.41) is 19.7. The molecule has 4 N–H and O–H groups in total. The van der Waals surface area contributed by atoms with Crippen molar-refractivity contribution < 1.29 is 23.5 Å². The molecule has 0 aromatic carbocycles. The van der Waals surface area contributed by atoms with Crippen molar-refractivity contribution in [2.75, 3.05) is 38.8 Å². The van der Waals surface area contributed by atoms with Crippen molar-refractivity contribution in [1.29, 1.82) is 5.26 Å². The molecule has 40 heavy (non-hydrogen) atoms. The third-order valence-electron chi connectivity index (χ3n) is 7.43. The Hall–Kier alpha value is -4.57. The van der Waals surface area contributed by atoms with Crippen LogP contribution < -0.4 is 16.4 Å². The van der Waals surface area contributed by atoms with Crippen LogP contribution in [-0.2, 0) is 20.9 Å². The Labute approximate surface area is 229 Å². The summed E-state index contributed by atoms with van der Waals surface area (Å²) in [7, 11) is 1.44. The van der Waals surface area contributed by atoms with Gasteiger partial charge in [0.25, 0.3) is 5.91 Å². The Morgan fingerprint density at radius 3 is 2.67 bits per heavy atom. The van der Waals surface area contributed by atoms with Gasteiger partial charge in [-0.25, -0.2) is 4.52 Å². The standard InChI is InChI=1S/C27H29FN8O4/c1-40-14-23(37)32-9-19-3-2-16(8-31-19)17-6-22-24(20(25(30)38)10-33-36(22)12-17)34-21-13-35(11-18(21)7-28)26(39)27(15-29)4-5-27/h2-3,6,8,10,12,18,21,34H,4-5,7,9,11,13-14H2,1H3,(H2,30,38)(H,32,37)/t18-,21-/m1/s1. The summed E-state index contributed by atoms with van der Waals surface area (Å²) in [5.41, 5.74) is 7.92. The SMILES string of the molecule is COCC(=O)NCc1ccc(-c2cc3c(N[C@@H]4CN(C(=O)C5(C#N)CC5)C[C@H]4CF)c(C(N)=O)cnn3c2)cn1. The van der Waals surface area contributed by atoms with E-state index in [9.17, 15) is 24.0 Å². The highest BCUT2D eigenvalue weighted by Gasteiger charge is 2.54. The highest BCUT2D eigenvalue weighted by atomic mass is 19.1. The van der Waals surface area contributed by atoms with E-state index >= 15 is 0 Å². The normalized spacial score (nSPS) is 19.3. The molecule has 12 nitrogen and oxygen atoms in total. The van der Waals surface area contributed by atoms with E-state index in [4.69, 9.17) is 10.5 Å². The van der Waals surface area contributed by atoms with Gasteiger partial charge in [-0.2, -0.15) is 10.4 Å². The number of amides is 3. The number of nitriles is 1. The number of nitrogens with one attached hydrogen (secondary N) is 2. The average molecular weight is 549 g/mol. The zero-order valence-corrected chi connectivity index (χ0v) is 21.9. The number of rotatable bonds is 10. The number of likely N-dealkylation sites (tertiary alicyclic amines) is 1. The first-order valence-corrected chi connectivity index (χ1v) is 12.8. The van der Waals surface area contributed by atoms with E-state index in [0.29, 0.717) is 29.7 Å². The Kier molecular flexibility index (Phi) is 7.36. The highest BCUT2D eigenvalue weighted by molar-refractivity contribution is 6.02. The van der Waals surface area contributed by atoms with Gasteiger partial charge >= 0.3 is 0 Å². The number of halogens is 1. The third kappa shape index (κ3) is 5.17. The molecule has 4 heterocycles. The number of pyridine rings is 1. The Morgan fingerprint density at radius 1 is 1.25 bits per heavy atom. The van der Waals surface area contributed by atoms with Crippen LogP contribution in [0.1, 0.15) is 28.9 Å².